The van der Waals surface area contributed by atoms with E-state index < -0.39 is 17.8 Å². The van der Waals surface area contributed by atoms with Crippen molar-refractivity contribution in [3.05, 3.63) is 29.6 Å². The summed E-state index contributed by atoms with van der Waals surface area (Å²) >= 11 is 0. The van der Waals surface area contributed by atoms with Crippen molar-refractivity contribution in [2.45, 2.75) is 13.0 Å². The Bertz CT molecular complexity index is 426. The first kappa shape index (κ1) is 11.0. The SMILES string of the molecule is CC(Oc1ccc(C#N)cc1F)C(N)=O. The van der Waals surface area contributed by atoms with Crippen LogP contribution in [-0.4, -0.2) is 12.0 Å². The van der Waals surface area contributed by atoms with Gasteiger partial charge in [-0.3, -0.25) is 4.79 Å². The summed E-state index contributed by atoms with van der Waals surface area (Å²) in [6, 6.07) is 5.49. The number of amides is 1. The van der Waals surface area contributed by atoms with Crippen LogP contribution in [0.25, 0.3) is 0 Å². The lowest BCUT2D eigenvalue weighted by molar-refractivity contribution is -0.124. The number of benzene rings is 1. The maximum absolute atomic E-state index is 13.2. The minimum absolute atomic E-state index is 0.0969. The van der Waals surface area contributed by atoms with Crippen LogP contribution in [0.2, 0.25) is 0 Å². The van der Waals surface area contributed by atoms with Crippen LogP contribution in [0.15, 0.2) is 18.2 Å². The second-order valence-electron chi connectivity index (χ2n) is 2.92. The fraction of sp³-hybridized carbons (Fsp3) is 0.200. The normalized spacial score (nSPS) is 11.5. The van der Waals surface area contributed by atoms with Crippen LogP contribution in [0.1, 0.15) is 12.5 Å². The molecule has 0 aromatic heterocycles. The molecule has 0 aliphatic carbocycles. The van der Waals surface area contributed by atoms with Crippen molar-refractivity contribution in [3.8, 4) is 11.8 Å². The van der Waals surface area contributed by atoms with E-state index in [1.807, 2.05) is 0 Å². The van der Waals surface area contributed by atoms with E-state index in [4.69, 9.17) is 15.7 Å². The van der Waals surface area contributed by atoms with Crippen molar-refractivity contribution in [2.75, 3.05) is 0 Å². The van der Waals surface area contributed by atoms with Crippen molar-refractivity contribution < 1.29 is 13.9 Å². The molecule has 15 heavy (non-hydrogen) atoms. The highest BCUT2D eigenvalue weighted by molar-refractivity contribution is 5.78. The van der Waals surface area contributed by atoms with Gasteiger partial charge in [-0.25, -0.2) is 4.39 Å². The highest BCUT2D eigenvalue weighted by atomic mass is 19.1. The molecule has 0 spiro atoms. The molecule has 0 bridgehead atoms. The molecule has 1 aromatic rings. The minimum Gasteiger partial charge on any atom is -0.478 e. The van der Waals surface area contributed by atoms with E-state index in [1.54, 1.807) is 6.07 Å². The van der Waals surface area contributed by atoms with Gasteiger partial charge in [0.05, 0.1) is 11.6 Å². The van der Waals surface area contributed by atoms with Crippen LogP contribution in [-0.2, 0) is 4.79 Å². The van der Waals surface area contributed by atoms with E-state index in [9.17, 15) is 9.18 Å². The topological polar surface area (TPSA) is 76.1 Å². The average Bonchev–Trinajstić information content (AvgIpc) is 2.20. The van der Waals surface area contributed by atoms with Crippen LogP contribution < -0.4 is 10.5 Å². The van der Waals surface area contributed by atoms with Gasteiger partial charge >= 0.3 is 0 Å². The third-order valence-corrected chi connectivity index (χ3v) is 1.77. The highest BCUT2D eigenvalue weighted by Crippen LogP contribution is 2.19. The quantitative estimate of drug-likeness (QED) is 0.803. The molecular weight excluding hydrogens is 199 g/mol. The number of nitrogens with two attached hydrogens (primary N) is 1. The number of carbonyl (C=O) groups is 1. The highest BCUT2D eigenvalue weighted by Gasteiger charge is 2.13. The Balaban J connectivity index is 2.88. The van der Waals surface area contributed by atoms with Gasteiger partial charge in [-0.1, -0.05) is 0 Å². The van der Waals surface area contributed by atoms with Gasteiger partial charge in [-0.05, 0) is 25.1 Å². The molecule has 0 heterocycles. The largest absolute Gasteiger partial charge is 0.478 e. The Hall–Kier alpha value is -2.09. The molecule has 0 fully saturated rings. The Labute approximate surface area is 86.1 Å². The summed E-state index contributed by atoms with van der Waals surface area (Å²) in [5, 5.41) is 8.49. The predicted octanol–water partition coefficient (Wildman–Crippen LogP) is 0.950. The predicted molar refractivity (Wildman–Crippen MR) is 50.4 cm³/mol. The maximum Gasteiger partial charge on any atom is 0.258 e. The monoisotopic (exact) mass is 208 g/mol. The van der Waals surface area contributed by atoms with Crippen LogP contribution in [0.3, 0.4) is 0 Å². The number of hydrogen-bond acceptors (Lipinski definition) is 3. The smallest absolute Gasteiger partial charge is 0.258 e. The summed E-state index contributed by atoms with van der Waals surface area (Å²) in [4.78, 5) is 10.7. The van der Waals surface area contributed by atoms with Gasteiger partial charge in [0.15, 0.2) is 17.7 Å². The number of halogens is 1. The number of primary amides is 1. The van der Waals surface area contributed by atoms with Crippen LogP contribution >= 0.6 is 0 Å². The van der Waals surface area contributed by atoms with Crippen molar-refractivity contribution >= 4 is 5.91 Å². The van der Waals surface area contributed by atoms with Gasteiger partial charge in [0.25, 0.3) is 5.91 Å². The summed E-state index contributed by atoms with van der Waals surface area (Å²) in [6.07, 6.45) is -0.910. The molecule has 1 aromatic carbocycles. The van der Waals surface area contributed by atoms with Gasteiger partial charge < -0.3 is 10.5 Å². The number of nitriles is 1. The first-order valence-electron chi connectivity index (χ1n) is 4.20. The van der Waals surface area contributed by atoms with Crippen molar-refractivity contribution in [1.29, 1.82) is 5.26 Å². The molecule has 1 rings (SSSR count). The zero-order valence-corrected chi connectivity index (χ0v) is 8.03. The molecule has 0 aliphatic heterocycles. The summed E-state index contributed by atoms with van der Waals surface area (Å²) in [5.74, 6) is -1.47. The van der Waals surface area contributed by atoms with Crippen molar-refractivity contribution in [1.82, 2.24) is 0 Å². The standard InChI is InChI=1S/C10H9FN2O2/c1-6(10(13)14)15-9-3-2-7(5-12)4-8(9)11/h2-4,6H,1H3,(H2,13,14). The summed E-state index contributed by atoms with van der Waals surface area (Å²) in [6.45, 7) is 1.42. The first-order valence-corrected chi connectivity index (χ1v) is 4.20. The van der Waals surface area contributed by atoms with E-state index in [0.29, 0.717) is 0 Å². The second kappa shape index (κ2) is 4.42. The van der Waals surface area contributed by atoms with E-state index in [-0.39, 0.29) is 11.3 Å². The van der Waals surface area contributed by atoms with Gasteiger partial charge in [0.1, 0.15) is 0 Å². The Morgan fingerprint density at radius 1 is 1.67 bits per heavy atom. The molecule has 1 amide bonds. The maximum atomic E-state index is 13.2. The second-order valence-corrected chi connectivity index (χ2v) is 2.92. The van der Waals surface area contributed by atoms with E-state index in [0.717, 1.165) is 6.07 Å². The van der Waals surface area contributed by atoms with Crippen molar-refractivity contribution in [2.24, 2.45) is 5.73 Å². The zero-order chi connectivity index (χ0) is 11.4. The molecule has 0 aliphatic rings. The van der Waals surface area contributed by atoms with E-state index in [1.165, 1.54) is 19.1 Å². The summed E-state index contributed by atoms with van der Waals surface area (Å²) in [5.41, 5.74) is 5.14. The molecule has 4 nitrogen and oxygen atoms in total. The summed E-state index contributed by atoms with van der Waals surface area (Å²) in [7, 11) is 0. The van der Waals surface area contributed by atoms with E-state index in [2.05, 4.69) is 0 Å². The molecule has 78 valence electrons. The molecule has 5 heteroatoms. The number of hydrogen-bond donors (Lipinski definition) is 1. The van der Waals surface area contributed by atoms with Gasteiger partial charge in [-0.2, -0.15) is 5.26 Å². The fourth-order valence-corrected chi connectivity index (χ4v) is 0.914. The third kappa shape index (κ3) is 2.68. The lowest BCUT2D eigenvalue weighted by atomic mass is 10.2. The third-order valence-electron chi connectivity index (χ3n) is 1.77. The van der Waals surface area contributed by atoms with Crippen LogP contribution in [0.5, 0.6) is 5.75 Å². The Kier molecular flexibility index (Phi) is 3.24. The number of nitrogens with zero attached hydrogens (tertiary/aromatic N) is 1. The molecule has 1 unspecified atom stereocenters. The number of ether oxygens (including phenoxy) is 1. The molecule has 0 saturated heterocycles. The number of rotatable bonds is 3. The molecule has 2 N–H and O–H groups in total. The van der Waals surface area contributed by atoms with Crippen LogP contribution in [0, 0.1) is 17.1 Å². The van der Waals surface area contributed by atoms with Crippen LogP contribution in [0.4, 0.5) is 4.39 Å². The minimum atomic E-state index is -0.910. The average molecular weight is 208 g/mol. The summed E-state index contributed by atoms with van der Waals surface area (Å²) < 4.78 is 18.2. The first-order chi connectivity index (χ1) is 7.04. The Morgan fingerprint density at radius 3 is 2.80 bits per heavy atom. The number of carbonyl (C=O) groups excluding carboxylic acids is 1. The Morgan fingerprint density at radius 2 is 2.33 bits per heavy atom. The molecule has 1 atom stereocenters. The molecule has 0 saturated carbocycles. The molecular formula is C10H9FN2O2. The lowest BCUT2D eigenvalue weighted by Crippen LogP contribution is -2.30. The zero-order valence-electron chi connectivity index (χ0n) is 8.03. The van der Waals surface area contributed by atoms with Gasteiger partial charge in [0.2, 0.25) is 0 Å². The lowest BCUT2D eigenvalue weighted by Gasteiger charge is -2.11. The molecule has 0 radical (unpaired) electrons. The van der Waals surface area contributed by atoms with Gasteiger partial charge in [0, 0.05) is 0 Å². The van der Waals surface area contributed by atoms with Crippen molar-refractivity contribution in [3.63, 3.8) is 0 Å². The van der Waals surface area contributed by atoms with Gasteiger partial charge in [-0.15, -0.1) is 0 Å². The van der Waals surface area contributed by atoms with E-state index >= 15 is 0 Å². The fourth-order valence-electron chi connectivity index (χ4n) is 0.914.